The number of thiocarbonyl (C=S) groups is 1. The van der Waals surface area contributed by atoms with E-state index in [-0.39, 0.29) is 28.4 Å². The van der Waals surface area contributed by atoms with Crippen molar-refractivity contribution in [3.8, 4) is 0 Å². The molecule has 1 aliphatic heterocycles. The Morgan fingerprint density at radius 2 is 1.78 bits per heavy atom. The van der Waals surface area contributed by atoms with Crippen molar-refractivity contribution in [1.82, 2.24) is 4.90 Å². The molecule has 190 valence electrons. The summed E-state index contributed by atoms with van der Waals surface area (Å²) in [4.78, 5) is 34.6. The molecule has 1 heterocycles. The fourth-order valence-corrected chi connectivity index (χ4v) is 4.98. The minimum Gasteiger partial charge on any atom is -0.464 e. The molecular formula is C26H28Cl2N4O3S. The highest BCUT2D eigenvalue weighted by Crippen LogP contribution is 2.39. The van der Waals surface area contributed by atoms with E-state index in [1.54, 1.807) is 55.1 Å². The van der Waals surface area contributed by atoms with Crippen LogP contribution >= 0.6 is 35.4 Å². The maximum atomic E-state index is 13.4. The van der Waals surface area contributed by atoms with Crippen LogP contribution in [0, 0.1) is 6.57 Å². The van der Waals surface area contributed by atoms with Crippen LogP contribution in [0.5, 0.6) is 0 Å². The van der Waals surface area contributed by atoms with Gasteiger partial charge < -0.3 is 14.5 Å². The predicted octanol–water partition coefficient (Wildman–Crippen LogP) is 5.89. The third-order valence-electron chi connectivity index (χ3n) is 6.17. The second-order valence-corrected chi connectivity index (χ2v) is 9.94. The minimum atomic E-state index is -1.02. The zero-order chi connectivity index (χ0) is 26.6. The van der Waals surface area contributed by atoms with E-state index in [2.05, 4.69) is 23.6 Å². The SMILES string of the molecule is [C-]#[N+]c1ccc(N2C(=O)C(C)(C)N(c3ccc(Cl)c(CC(=O)OCCN(CC)CC)c3)C2=S)cc1Cl. The van der Waals surface area contributed by atoms with Crippen LogP contribution in [-0.2, 0) is 20.7 Å². The van der Waals surface area contributed by atoms with Crippen LogP contribution in [0.1, 0.15) is 33.3 Å². The van der Waals surface area contributed by atoms with Crippen LogP contribution in [0.4, 0.5) is 17.1 Å². The van der Waals surface area contributed by atoms with Crippen molar-refractivity contribution in [1.29, 1.82) is 0 Å². The number of carbonyl (C=O) groups excluding carboxylic acids is 2. The van der Waals surface area contributed by atoms with Crippen LogP contribution in [0.2, 0.25) is 10.0 Å². The number of rotatable bonds is 9. The molecular weight excluding hydrogens is 519 g/mol. The summed E-state index contributed by atoms with van der Waals surface area (Å²) >= 11 is 18.3. The van der Waals surface area contributed by atoms with E-state index >= 15 is 0 Å². The summed E-state index contributed by atoms with van der Waals surface area (Å²) in [5.41, 5.74) is 0.956. The molecule has 1 aliphatic rings. The lowest BCUT2D eigenvalue weighted by atomic mass is 10.0. The zero-order valence-electron chi connectivity index (χ0n) is 20.7. The highest BCUT2D eigenvalue weighted by Gasteiger charge is 2.50. The Hall–Kier alpha value is -2.70. The average molecular weight is 548 g/mol. The molecule has 2 aromatic rings. The molecule has 0 saturated carbocycles. The van der Waals surface area contributed by atoms with Crippen molar-refractivity contribution in [2.45, 2.75) is 39.7 Å². The van der Waals surface area contributed by atoms with Gasteiger partial charge in [-0.1, -0.05) is 43.1 Å². The lowest BCUT2D eigenvalue weighted by molar-refractivity contribution is -0.143. The van der Waals surface area contributed by atoms with Gasteiger partial charge in [-0.25, -0.2) is 4.85 Å². The highest BCUT2D eigenvalue weighted by molar-refractivity contribution is 7.81. The van der Waals surface area contributed by atoms with E-state index in [4.69, 9.17) is 46.7 Å². The van der Waals surface area contributed by atoms with Gasteiger partial charge in [0.15, 0.2) is 5.11 Å². The molecule has 0 unspecified atom stereocenters. The minimum absolute atomic E-state index is 0.00267. The summed E-state index contributed by atoms with van der Waals surface area (Å²) in [6.45, 7) is 17.6. The van der Waals surface area contributed by atoms with E-state index in [1.807, 2.05) is 0 Å². The largest absolute Gasteiger partial charge is 0.464 e. The molecule has 1 amide bonds. The Labute approximate surface area is 227 Å². The summed E-state index contributed by atoms with van der Waals surface area (Å²) in [6, 6.07) is 9.96. The van der Waals surface area contributed by atoms with Gasteiger partial charge in [0, 0.05) is 22.3 Å². The second kappa shape index (κ2) is 11.6. The third-order valence-corrected chi connectivity index (χ3v) is 7.20. The first-order valence-electron chi connectivity index (χ1n) is 11.6. The number of anilines is 2. The molecule has 0 bridgehead atoms. The van der Waals surface area contributed by atoms with Gasteiger partial charge in [-0.2, -0.15) is 0 Å². The molecule has 0 aromatic heterocycles. The van der Waals surface area contributed by atoms with Crippen molar-refractivity contribution < 1.29 is 14.3 Å². The number of likely N-dealkylation sites (N-methyl/N-ethyl adjacent to an activating group) is 1. The number of halogens is 2. The molecule has 1 saturated heterocycles. The summed E-state index contributed by atoms with van der Waals surface area (Å²) in [7, 11) is 0. The first-order chi connectivity index (χ1) is 17.0. The molecule has 7 nitrogen and oxygen atoms in total. The summed E-state index contributed by atoms with van der Waals surface area (Å²) in [5, 5.41) is 0.918. The van der Waals surface area contributed by atoms with E-state index in [9.17, 15) is 9.59 Å². The Morgan fingerprint density at radius 1 is 1.11 bits per heavy atom. The number of nitrogens with zero attached hydrogens (tertiary/aromatic N) is 4. The van der Waals surface area contributed by atoms with Crippen molar-refractivity contribution >= 4 is 69.5 Å². The summed E-state index contributed by atoms with van der Waals surface area (Å²) < 4.78 is 5.41. The lowest BCUT2D eigenvalue weighted by Gasteiger charge is -2.30. The number of hydrogen-bond donors (Lipinski definition) is 0. The topological polar surface area (TPSA) is 57.5 Å². The molecule has 0 aliphatic carbocycles. The molecule has 0 N–H and O–H groups in total. The Bertz CT molecular complexity index is 1220. The summed E-state index contributed by atoms with van der Waals surface area (Å²) in [6.07, 6.45) is -0.00267. The monoisotopic (exact) mass is 546 g/mol. The Kier molecular flexibility index (Phi) is 8.96. The van der Waals surface area contributed by atoms with Crippen LogP contribution in [-0.4, -0.2) is 53.7 Å². The standard InChI is InChI=1S/C26H28Cl2N4O3S/c1-6-30(7-2)12-13-35-23(33)15-17-14-19(8-10-20(17)27)32-25(36)31(24(34)26(32,3)4)18-9-11-22(29-5)21(28)16-18/h8-11,14,16H,6-7,12-13,15H2,1-4H3. The van der Waals surface area contributed by atoms with E-state index in [0.29, 0.717) is 40.8 Å². The number of carbonyl (C=O) groups is 2. The second-order valence-electron chi connectivity index (χ2n) is 8.76. The van der Waals surface area contributed by atoms with Crippen LogP contribution in [0.15, 0.2) is 36.4 Å². The third kappa shape index (κ3) is 5.65. The fourth-order valence-electron chi connectivity index (χ4n) is 4.05. The van der Waals surface area contributed by atoms with Crippen LogP contribution in [0.3, 0.4) is 0 Å². The molecule has 0 atom stereocenters. The van der Waals surface area contributed by atoms with Gasteiger partial charge in [-0.15, -0.1) is 0 Å². The molecule has 10 heteroatoms. The smallest absolute Gasteiger partial charge is 0.310 e. The number of ether oxygens (including phenoxy) is 1. The molecule has 2 aromatic carbocycles. The normalized spacial score (nSPS) is 14.9. The predicted molar refractivity (Wildman–Crippen MR) is 148 cm³/mol. The quantitative estimate of drug-likeness (QED) is 0.222. The van der Waals surface area contributed by atoms with Gasteiger partial charge in [0.05, 0.1) is 18.7 Å². The van der Waals surface area contributed by atoms with Crippen LogP contribution in [0.25, 0.3) is 4.85 Å². The Balaban J connectivity index is 1.84. The average Bonchev–Trinajstić information content (AvgIpc) is 3.01. The van der Waals surface area contributed by atoms with Gasteiger partial charge >= 0.3 is 5.97 Å². The maximum Gasteiger partial charge on any atom is 0.310 e. The number of hydrogen-bond acceptors (Lipinski definition) is 5. The summed E-state index contributed by atoms with van der Waals surface area (Å²) in [5.74, 6) is -0.622. The molecule has 0 spiro atoms. The van der Waals surface area contributed by atoms with Crippen LogP contribution < -0.4 is 9.80 Å². The molecule has 36 heavy (non-hydrogen) atoms. The van der Waals surface area contributed by atoms with E-state index in [0.717, 1.165) is 13.1 Å². The lowest BCUT2D eigenvalue weighted by Crippen LogP contribution is -2.44. The van der Waals surface area contributed by atoms with Gasteiger partial charge in [0.2, 0.25) is 5.69 Å². The van der Waals surface area contributed by atoms with Gasteiger partial charge in [0.25, 0.3) is 5.91 Å². The maximum absolute atomic E-state index is 13.4. The van der Waals surface area contributed by atoms with Gasteiger partial charge in [0.1, 0.15) is 12.1 Å². The molecule has 3 rings (SSSR count). The Morgan fingerprint density at radius 3 is 2.39 bits per heavy atom. The number of esters is 1. The highest BCUT2D eigenvalue weighted by atomic mass is 35.5. The van der Waals surface area contributed by atoms with Gasteiger partial charge in [-0.3, -0.25) is 14.5 Å². The fraction of sp³-hybridized carbons (Fsp3) is 0.385. The number of amides is 1. The van der Waals surface area contributed by atoms with Crippen molar-refractivity contribution in [2.75, 3.05) is 36.0 Å². The van der Waals surface area contributed by atoms with Crippen molar-refractivity contribution in [3.63, 3.8) is 0 Å². The first kappa shape index (κ1) is 27.9. The van der Waals surface area contributed by atoms with Crippen molar-refractivity contribution in [3.05, 3.63) is 63.4 Å². The van der Waals surface area contributed by atoms with E-state index in [1.165, 1.54) is 4.90 Å². The van der Waals surface area contributed by atoms with E-state index < -0.39 is 5.54 Å². The molecule has 0 radical (unpaired) electrons. The zero-order valence-corrected chi connectivity index (χ0v) is 23.0. The van der Waals surface area contributed by atoms with Gasteiger partial charge in [-0.05, 0) is 75.1 Å². The molecule has 1 fully saturated rings. The first-order valence-corrected chi connectivity index (χ1v) is 12.7. The number of benzene rings is 2. The van der Waals surface area contributed by atoms with Crippen molar-refractivity contribution in [2.24, 2.45) is 0 Å².